The van der Waals surface area contributed by atoms with Gasteiger partial charge in [0, 0.05) is 6.54 Å². The lowest BCUT2D eigenvalue weighted by atomic mass is 9.94. The van der Waals surface area contributed by atoms with Crippen molar-refractivity contribution in [2.75, 3.05) is 12.6 Å². The molecule has 0 atom stereocenters. The second-order valence-corrected chi connectivity index (χ2v) is 5.50. The van der Waals surface area contributed by atoms with Crippen molar-refractivity contribution in [1.82, 2.24) is 5.32 Å². The number of carbonyl (C=O) groups excluding carboxylic acids is 2. The summed E-state index contributed by atoms with van der Waals surface area (Å²) in [5.74, 6) is -0.469. The fraction of sp³-hybridized carbons (Fsp3) is 0.818. The lowest BCUT2D eigenvalue weighted by Gasteiger charge is -2.24. The van der Waals surface area contributed by atoms with Gasteiger partial charge < -0.3 is 14.8 Å². The van der Waals surface area contributed by atoms with E-state index in [1.165, 1.54) is 0 Å². The molecule has 0 heterocycles. The Labute approximate surface area is 107 Å². The molecule has 0 radical (unpaired) electrons. The number of hydrogen-bond donors (Lipinski definition) is 1. The summed E-state index contributed by atoms with van der Waals surface area (Å²) in [5, 5.41) is 2.51. The maximum absolute atomic E-state index is 11.5. The lowest BCUT2D eigenvalue weighted by Crippen LogP contribution is -2.42. The highest BCUT2D eigenvalue weighted by atomic mass is 35.5. The summed E-state index contributed by atoms with van der Waals surface area (Å²) in [6.45, 7) is 8.72. The highest BCUT2D eigenvalue weighted by molar-refractivity contribution is 6.17. The van der Waals surface area contributed by atoms with E-state index in [0.717, 1.165) is 0 Å². The zero-order valence-electron chi connectivity index (χ0n) is 10.9. The van der Waals surface area contributed by atoms with Crippen molar-refractivity contribution < 1.29 is 19.1 Å². The van der Waals surface area contributed by atoms with Gasteiger partial charge in [0.05, 0.1) is 5.41 Å². The summed E-state index contributed by atoms with van der Waals surface area (Å²) in [6, 6.07) is -0.200. The Bertz CT molecular complexity index is 284. The smallest absolute Gasteiger partial charge is 0.407 e. The topological polar surface area (TPSA) is 64.6 Å². The number of alkyl carbamates (subject to hydrolysis) is 1. The largest absolute Gasteiger partial charge is 0.449 e. The summed E-state index contributed by atoms with van der Waals surface area (Å²) >= 11 is 5.30. The first-order valence-electron chi connectivity index (χ1n) is 5.28. The number of amides is 1. The van der Waals surface area contributed by atoms with E-state index in [0.29, 0.717) is 0 Å². The van der Waals surface area contributed by atoms with E-state index in [-0.39, 0.29) is 12.6 Å². The van der Waals surface area contributed by atoms with Crippen LogP contribution in [0.2, 0.25) is 0 Å². The van der Waals surface area contributed by atoms with Crippen LogP contribution in [0.3, 0.4) is 0 Å². The van der Waals surface area contributed by atoms with E-state index in [2.05, 4.69) is 10.1 Å². The number of rotatable bonds is 4. The average molecular weight is 266 g/mol. The van der Waals surface area contributed by atoms with Crippen molar-refractivity contribution in [3.63, 3.8) is 0 Å². The molecule has 100 valence electrons. The molecule has 0 fully saturated rings. The van der Waals surface area contributed by atoms with Gasteiger partial charge in [-0.25, -0.2) is 4.79 Å². The molecular weight excluding hydrogens is 246 g/mol. The van der Waals surface area contributed by atoms with Gasteiger partial charge in [-0.1, -0.05) is 11.6 Å². The Kier molecular flexibility index (Phi) is 5.75. The van der Waals surface area contributed by atoms with Gasteiger partial charge in [-0.3, -0.25) is 4.79 Å². The van der Waals surface area contributed by atoms with Crippen molar-refractivity contribution in [2.45, 2.75) is 40.2 Å². The van der Waals surface area contributed by atoms with Crippen LogP contribution in [-0.4, -0.2) is 30.3 Å². The van der Waals surface area contributed by atoms with Gasteiger partial charge in [0.15, 0.2) is 6.07 Å². The third-order valence-electron chi connectivity index (χ3n) is 1.81. The molecule has 1 N–H and O–H groups in total. The molecule has 0 rings (SSSR count). The van der Waals surface area contributed by atoms with E-state index >= 15 is 0 Å². The van der Waals surface area contributed by atoms with Gasteiger partial charge in [0.1, 0.15) is 5.60 Å². The summed E-state index contributed by atoms with van der Waals surface area (Å²) < 4.78 is 9.72. The van der Waals surface area contributed by atoms with Gasteiger partial charge in [0.25, 0.3) is 0 Å². The predicted octanol–water partition coefficient (Wildman–Crippen LogP) is 2.28. The van der Waals surface area contributed by atoms with E-state index in [1.807, 2.05) is 0 Å². The van der Waals surface area contributed by atoms with Crippen LogP contribution in [0.4, 0.5) is 4.79 Å². The van der Waals surface area contributed by atoms with Crippen molar-refractivity contribution in [3.8, 4) is 0 Å². The summed E-state index contributed by atoms with van der Waals surface area (Å²) in [5.41, 5.74) is -1.41. The number of alkyl halides is 1. The third kappa shape index (κ3) is 7.05. The maximum Gasteiger partial charge on any atom is 0.407 e. The zero-order valence-corrected chi connectivity index (χ0v) is 11.7. The minimum atomic E-state index is -0.841. The van der Waals surface area contributed by atoms with E-state index in [9.17, 15) is 9.59 Å². The maximum atomic E-state index is 11.5. The molecule has 6 heteroatoms. The highest BCUT2D eigenvalue weighted by Gasteiger charge is 2.30. The van der Waals surface area contributed by atoms with Crippen molar-refractivity contribution in [1.29, 1.82) is 0 Å². The normalized spacial score (nSPS) is 11.9. The fourth-order valence-corrected chi connectivity index (χ4v) is 1.02. The molecular formula is C11H20ClNO4. The first kappa shape index (κ1) is 16.0. The van der Waals surface area contributed by atoms with Crippen molar-refractivity contribution in [2.24, 2.45) is 5.41 Å². The number of esters is 1. The quantitative estimate of drug-likeness (QED) is 0.626. The molecule has 0 aliphatic heterocycles. The molecule has 0 aromatic heterocycles. The van der Waals surface area contributed by atoms with Crippen LogP contribution in [-0.2, 0) is 14.3 Å². The third-order valence-corrected chi connectivity index (χ3v) is 1.92. The van der Waals surface area contributed by atoms with E-state index < -0.39 is 23.1 Å². The minimum Gasteiger partial charge on any atom is -0.449 e. The molecule has 0 unspecified atom stereocenters. The molecule has 0 aromatic carbocycles. The van der Waals surface area contributed by atoms with E-state index in [1.54, 1.807) is 34.6 Å². The summed E-state index contributed by atoms with van der Waals surface area (Å²) in [6.07, 6.45) is -0.566. The van der Waals surface area contributed by atoms with Gasteiger partial charge in [0.2, 0.25) is 0 Å². The molecule has 0 saturated heterocycles. The van der Waals surface area contributed by atoms with Crippen LogP contribution in [0.5, 0.6) is 0 Å². The molecule has 0 bridgehead atoms. The van der Waals surface area contributed by atoms with E-state index in [4.69, 9.17) is 16.3 Å². The standard InChI is InChI=1S/C11H20ClNO4/c1-10(2,3)17-9(15)13-6-11(4,5)8(14)16-7-12/h6-7H2,1-5H3,(H,13,15). The zero-order chi connectivity index (χ0) is 13.7. The fourth-order valence-electron chi connectivity index (χ4n) is 0.924. The van der Waals surface area contributed by atoms with Gasteiger partial charge >= 0.3 is 12.1 Å². The Hall–Kier alpha value is -0.970. The lowest BCUT2D eigenvalue weighted by molar-refractivity contribution is -0.151. The van der Waals surface area contributed by atoms with Crippen molar-refractivity contribution in [3.05, 3.63) is 0 Å². The predicted molar refractivity (Wildman–Crippen MR) is 64.8 cm³/mol. The number of halogens is 1. The van der Waals surface area contributed by atoms with Crippen molar-refractivity contribution >= 4 is 23.7 Å². The molecule has 0 spiro atoms. The van der Waals surface area contributed by atoms with Crippen LogP contribution < -0.4 is 5.32 Å². The van der Waals surface area contributed by atoms with Crippen LogP contribution in [0.15, 0.2) is 0 Å². The second kappa shape index (κ2) is 6.10. The van der Waals surface area contributed by atoms with Gasteiger partial charge in [-0.2, -0.15) is 0 Å². The Morgan fingerprint density at radius 1 is 1.18 bits per heavy atom. The average Bonchev–Trinajstić information content (AvgIpc) is 2.12. The Balaban J connectivity index is 4.18. The van der Waals surface area contributed by atoms with Crippen LogP contribution in [0.1, 0.15) is 34.6 Å². The van der Waals surface area contributed by atoms with Gasteiger partial charge in [-0.05, 0) is 34.6 Å². The SMILES string of the molecule is CC(C)(C)OC(=O)NCC(C)(C)C(=O)OCCl. The summed E-state index contributed by atoms with van der Waals surface area (Å²) in [7, 11) is 0. The molecule has 17 heavy (non-hydrogen) atoms. The van der Waals surface area contributed by atoms with Crippen LogP contribution >= 0.6 is 11.6 Å². The number of nitrogens with one attached hydrogen (secondary N) is 1. The minimum absolute atomic E-state index is 0.123. The number of hydrogen-bond acceptors (Lipinski definition) is 4. The molecule has 0 aliphatic rings. The molecule has 0 aromatic rings. The number of ether oxygens (including phenoxy) is 2. The Morgan fingerprint density at radius 2 is 1.71 bits per heavy atom. The first-order chi connectivity index (χ1) is 7.58. The molecule has 5 nitrogen and oxygen atoms in total. The molecule has 0 saturated carbocycles. The van der Waals surface area contributed by atoms with Crippen LogP contribution in [0, 0.1) is 5.41 Å². The van der Waals surface area contributed by atoms with Crippen LogP contribution in [0.25, 0.3) is 0 Å². The van der Waals surface area contributed by atoms with Gasteiger partial charge in [-0.15, -0.1) is 0 Å². The number of carbonyl (C=O) groups is 2. The summed E-state index contributed by atoms with van der Waals surface area (Å²) in [4.78, 5) is 22.8. The molecule has 1 amide bonds. The monoisotopic (exact) mass is 265 g/mol. The highest BCUT2D eigenvalue weighted by Crippen LogP contribution is 2.16. The Morgan fingerprint density at radius 3 is 2.12 bits per heavy atom. The second-order valence-electron chi connectivity index (χ2n) is 5.28. The molecule has 0 aliphatic carbocycles. The first-order valence-corrected chi connectivity index (χ1v) is 5.82.